The van der Waals surface area contributed by atoms with Crippen molar-refractivity contribution < 1.29 is 35.9 Å². The van der Waals surface area contributed by atoms with Crippen LogP contribution in [0.4, 0.5) is 24.7 Å². The summed E-state index contributed by atoms with van der Waals surface area (Å²) >= 11 is 0. The van der Waals surface area contributed by atoms with Gasteiger partial charge in [0.15, 0.2) is 5.75 Å². The summed E-state index contributed by atoms with van der Waals surface area (Å²) in [6.45, 7) is 4.36. The van der Waals surface area contributed by atoms with Gasteiger partial charge in [-0.25, -0.2) is 13.4 Å². The van der Waals surface area contributed by atoms with Crippen molar-refractivity contribution in [2.24, 2.45) is 0 Å². The first-order valence-corrected chi connectivity index (χ1v) is 15.3. The summed E-state index contributed by atoms with van der Waals surface area (Å²) in [7, 11) is -4.08. The number of benzene rings is 3. The van der Waals surface area contributed by atoms with Gasteiger partial charge in [0, 0.05) is 57.2 Å². The van der Waals surface area contributed by atoms with Crippen LogP contribution >= 0.6 is 0 Å². The Hall–Kier alpha value is -4.89. The maximum absolute atomic E-state index is 13.1. The average Bonchev–Trinajstić information content (AvgIpc) is 3.03. The lowest BCUT2D eigenvalue weighted by Crippen LogP contribution is -2.48. The lowest BCUT2D eigenvalue weighted by atomic mass is 10.2. The smallest absolute Gasteiger partial charge is 0.455 e. The molecule has 0 bridgehead atoms. The number of rotatable bonds is 11. The van der Waals surface area contributed by atoms with Crippen LogP contribution < -0.4 is 24.4 Å². The molecule has 1 saturated heterocycles. The SMILES string of the molecule is O=C(NCCN1CCN(c2cnccn2)CC1)c1ccc(S(=O)(=O)Nc2ccccc2Oc2ccc(OC(F)(F)F)cc2)cc1. The van der Waals surface area contributed by atoms with E-state index in [-0.39, 0.29) is 28.0 Å². The molecule has 15 heteroatoms. The van der Waals surface area contributed by atoms with Crippen LogP contribution in [0, 0.1) is 0 Å². The number of carbonyl (C=O) groups excluding carboxylic acids is 1. The third-order valence-corrected chi connectivity index (χ3v) is 8.18. The molecule has 0 saturated carbocycles. The van der Waals surface area contributed by atoms with E-state index in [4.69, 9.17) is 4.74 Å². The number of sulfonamides is 1. The lowest BCUT2D eigenvalue weighted by molar-refractivity contribution is -0.274. The molecule has 1 fully saturated rings. The topological polar surface area (TPSA) is 126 Å². The van der Waals surface area contributed by atoms with Crippen LogP contribution in [-0.4, -0.2) is 74.8 Å². The van der Waals surface area contributed by atoms with E-state index in [1.165, 1.54) is 48.5 Å². The number of ether oxygens (including phenoxy) is 2. The van der Waals surface area contributed by atoms with Gasteiger partial charge in [-0.15, -0.1) is 13.2 Å². The number of para-hydroxylation sites is 2. The Morgan fingerprint density at radius 1 is 0.889 bits per heavy atom. The third-order valence-electron chi connectivity index (χ3n) is 6.80. The first-order chi connectivity index (χ1) is 21.6. The first-order valence-electron chi connectivity index (χ1n) is 13.8. The highest BCUT2D eigenvalue weighted by molar-refractivity contribution is 7.92. The highest BCUT2D eigenvalue weighted by atomic mass is 32.2. The predicted octanol–water partition coefficient (Wildman–Crippen LogP) is 4.52. The molecule has 2 N–H and O–H groups in total. The highest BCUT2D eigenvalue weighted by Gasteiger charge is 2.31. The van der Waals surface area contributed by atoms with Crippen LogP contribution in [0.1, 0.15) is 10.4 Å². The second-order valence-corrected chi connectivity index (χ2v) is 11.6. The van der Waals surface area contributed by atoms with Gasteiger partial charge < -0.3 is 19.7 Å². The van der Waals surface area contributed by atoms with Crippen molar-refractivity contribution in [1.29, 1.82) is 0 Å². The summed E-state index contributed by atoms with van der Waals surface area (Å²) in [5, 5.41) is 2.87. The summed E-state index contributed by atoms with van der Waals surface area (Å²) in [5.41, 5.74) is 0.413. The van der Waals surface area contributed by atoms with Gasteiger partial charge in [0.05, 0.1) is 16.8 Å². The predicted molar refractivity (Wildman–Crippen MR) is 160 cm³/mol. The van der Waals surface area contributed by atoms with E-state index in [0.717, 1.165) is 44.1 Å². The lowest BCUT2D eigenvalue weighted by Gasteiger charge is -2.35. The zero-order valence-corrected chi connectivity index (χ0v) is 24.6. The number of carbonyl (C=O) groups is 1. The maximum atomic E-state index is 13.1. The molecule has 1 amide bonds. The quantitative estimate of drug-likeness (QED) is 0.243. The normalized spacial score (nSPS) is 14.1. The number of hydrogen-bond donors (Lipinski definition) is 2. The molecule has 45 heavy (non-hydrogen) atoms. The van der Waals surface area contributed by atoms with Crippen LogP contribution in [0.3, 0.4) is 0 Å². The van der Waals surface area contributed by atoms with Crippen molar-refractivity contribution in [2.45, 2.75) is 11.3 Å². The first kappa shape index (κ1) is 31.5. The fourth-order valence-corrected chi connectivity index (χ4v) is 5.62. The van der Waals surface area contributed by atoms with Crippen LogP contribution in [0.25, 0.3) is 0 Å². The molecule has 4 aromatic rings. The van der Waals surface area contributed by atoms with E-state index < -0.39 is 22.1 Å². The van der Waals surface area contributed by atoms with Gasteiger partial charge in [0.1, 0.15) is 17.3 Å². The second kappa shape index (κ2) is 13.8. The number of alkyl halides is 3. The van der Waals surface area contributed by atoms with Gasteiger partial charge in [-0.1, -0.05) is 12.1 Å². The molecule has 3 aromatic carbocycles. The van der Waals surface area contributed by atoms with Crippen LogP contribution in [0.15, 0.2) is 96.3 Å². The zero-order valence-electron chi connectivity index (χ0n) is 23.8. The van der Waals surface area contributed by atoms with Crippen LogP contribution in [-0.2, 0) is 10.0 Å². The molecule has 0 spiro atoms. The maximum Gasteiger partial charge on any atom is 0.573 e. The highest BCUT2D eigenvalue weighted by Crippen LogP contribution is 2.32. The minimum absolute atomic E-state index is 0.0801. The van der Waals surface area contributed by atoms with Gasteiger partial charge in [-0.2, -0.15) is 0 Å². The summed E-state index contributed by atoms with van der Waals surface area (Å²) in [6, 6.07) is 16.4. The number of amides is 1. The number of anilines is 2. The summed E-state index contributed by atoms with van der Waals surface area (Å²) in [5.74, 6) is 0.383. The van der Waals surface area contributed by atoms with Crippen molar-refractivity contribution >= 4 is 27.4 Å². The van der Waals surface area contributed by atoms with Crippen LogP contribution in [0.2, 0.25) is 0 Å². The molecule has 11 nitrogen and oxygen atoms in total. The third kappa shape index (κ3) is 8.83. The van der Waals surface area contributed by atoms with E-state index in [1.54, 1.807) is 30.7 Å². The Balaban J connectivity index is 1.12. The minimum Gasteiger partial charge on any atom is -0.455 e. The Bertz CT molecular complexity index is 1680. The van der Waals surface area contributed by atoms with Gasteiger partial charge in [-0.3, -0.25) is 19.4 Å². The second-order valence-electron chi connectivity index (χ2n) is 9.90. The summed E-state index contributed by atoms with van der Waals surface area (Å²) in [4.78, 5) is 25.4. The molecule has 1 aliphatic rings. The van der Waals surface area contributed by atoms with Gasteiger partial charge >= 0.3 is 6.36 Å². The van der Waals surface area contributed by atoms with Crippen molar-refractivity contribution in [2.75, 3.05) is 48.9 Å². The van der Waals surface area contributed by atoms with Crippen molar-refractivity contribution in [1.82, 2.24) is 20.2 Å². The van der Waals surface area contributed by atoms with Gasteiger partial charge in [0.2, 0.25) is 0 Å². The Labute approximate surface area is 257 Å². The van der Waals surface area contributed by atoms with Crippen LogP contribution in [0.5, 0.6) is 17.2 Å². The van der Waals surface area contributed by atoms with E-state index in [2.05, 4.69) is 34.5 Å². The molecule has 0 radical (unpaired) electrons. The summed E-state index contributed by atoms with van der Waals surface area (Å²) in [6.07, 6.45) is 0.214. The monoisotopic (exact) mass is 642 g/mol. The Morgan fingerprint density at radius 2 is 1.58 bits per heavy atom. The van der Waals surface area contributed by atoms with E-state index in [1.807, 2.05) is 0 Å². The van der Waals surface area contributed by atoms with Crippen molar-refractivity contribution in [3.63, 3.8) is 0 Å². The molecule has 236 valence electrons. The molecule has 1 aromatic heterocycles. The average molecular weight is 643 g/mol. The van der Waals surface area contributed by atoms with Gasteiger partial charge in [-0.05, 0) is 60.7 Å². The van der Waals surface area contributed by atoms with Gasteiger partial charge in [0.25, 0.3) is 15.9 Å². The van der Waals surface area contributed by atoms with Crippen molar-refractivity contribution in [3.05, 3.63) is 97.0 Å². The minimum atomic E-state index is -4.83. The number of nitrogens with zero attached hydrogens (tertiary/aromatic N) is 4. The fourth-order valence-electron chi connectivity index (χ4n) is 4.55. The zero-order chi connectivity index (χ0) is 31.9. The standard InChI is InChI=1S/C30H29F3N6O5S/c31-30(32,33)44-24-9-7-23(8-10-24)43-27-4-2-1-3-26(27)37-45(41,42)25-11-5-22(6-12-25)29(40)36-15-16-38-17-19-39(20-18-38)28-21-34-13-14-35-28/h1-14,21,37H,15-20H2,(H,36,40). The number of nitrogens with one attached hydrogen (secondary N) is 2. The Morgan fingerprint density at radius 3 is 2.24 bits per heavy atom. The number of halogens is 3. The molecule has 0 unspecified atom stereocenters. The number of aromatic nitrogens is 2. The molecule has 2 heterocycles. The molecule has 5 rings (SSSR count). The number of piperazine rings is 1. The van der Waals surface area contributed by atoms with E-state index >= 15 is 0 Å². The van der Waals surface area contributed by atoms with Crippen molar-refractivity contribution in [3.8, 4) is 17.2 Å². The fraction of sp³-hybridized carbons (Fsp3) is 0.233. The summed E-state index contributed by atoms with van der Waals surface area (Å²) < 4.78 is 75.5. The molecule has 0 aliphatic carbocycles. The van der Waals surface area contributed by atoms with E-state index in [0.29, 0.717) is 18.7 Å². The molecular weight excluding hydrogens is 613 g/mol. The molecular formula is C30H29F3N6O5S. The Kier molecular flexibility index (Phi) is 9.68. The molecule has 1 aliphatic heterocycles. The number of hydrogen-bond acceptors (Lipinski definition) is 9. The van der Waals surface area contributed by atoms with E-state index in [9.17, 15) is 26.4 Å². The largest absolute Gasteiger partial charge is 0.573 e. The molecule has 0 atom stereocenters.